The Morgan fingerprint density at radius 3 is 1.94 bits per heavy atom. The van der Waals surface area contributed by atoms with E-state index in [2.05, 4.69) is 34.2 Å². The van der Waals surface area contributed by atoms with Crippen molar-refractivity contribution < 1.29 is 9.59 Å². The highest BCUT2D eigenvalue weighted by Gasteiger charge is 2.18. The zero-order valence-electron chi connectivity index (χ0n) is 21.1. The molecule has 2 aliphatic rings. The summed E-state index contributed by atoms with van der Waals surface area (Å²) in [6.45, 7) is 10.1. The Bertz CT molecular complexity index is 928. The van der Waals surface area contributed by atoms with Crippen molar-refractivity contribution in [2.24, 2.45) is 4.99 Å². The predicted molar refractivity (Wildman–Crippen MR) is 140 cm³/mol. The number of nitrogens with one attached hydrogen (secondary N) is 1. The first-order chi connectivity index (χ1) is 16.4. The third-order valence-electron chi connectivity index (χ3n) is 5.82. The number of aryl methyl sites for hydroxylation is 2. The first-order valence-corrected chi connectivity index (χ1v) is 12.0. The second kappa shape index (κ2) is 15.0. The van der Waals surface area contributed by atoms with E-state index in [9.17, 15) is 9.59 Å². The van der Waals surface area contributed by atoms with E-state index in [1.165, 1.54) is 38.4 Å². The average molecular weight is 466 g/mol. The standard InChI is InChI=1S/C13H19N3O.C8H7NO.C6H13N/c1-11-4-3-5-12(10-11)14-13(17)16-8-6-15(2)7-9-16;1-7-3-2-4-8(5-7)9-6-10;1-7-5-3-2-4-6-7/h3-5,10H,6-9H2,1-2H3,(H,14,17);2-5H,1H3;2-6H2,1H3. The minimum Gasteiger partial charge on any atom is -0.322 e. The summed E-state index contributed by atoms with van der Waals surface area (Å²) >= 11 is 0. The van der Waals surface area contributed by atoms with E-state index in [1.54, 1.807) is 6.07 Å². The summed E-state index contributed by atoms with van der Waals surface area (Å²) in [6.07, 6.45) is 5.76. The van der Waals surface area contributed by atoms with Crippen LogP contribution >= 0.6 is 0 Å². The Kier molecular flexibility index (Phi) is 12.0. The first kappa shape index (κ1) is 27.3. The molecule has 0 unspecified atom stereocenters. The monoisotopic (exact) mass is 465 g/mol. The number of hydrogen-bond donors (Lipinski definition) is 1. The van der Waals surface area contributed by atoms with Gasteiger partial charge in [-0.25, -0.2) is 9.59 Å². The van der Waals surface area contributed by atoms with Crippen LogP contribution in [0.3, 0.4) is 0 Å². The van der Waals surface area contributed by atoms with E-state index in [0.717, 1.165) is 43.0 Å². The summed E-state index contributed by atoms with van der Waals surface area (Å²) in [4.78, 5) is 31.7. The molecule has 1 N–H and O–H groups in total. The highest BCUT2D eigenvalue weighted by molar-refractivity contribution is 5.89. The number of piperidine rings is 1. The number of aliphatic imine (C=N–C) groups is 1. The van der Waals surface area contributed by atoms with E-state index < -0.39 is 0 Å². The Morgan fingerprint density at radius 1 is 0.824 bits per heavy atom. The quantitative estimate of drug-likeness (QED) is 0.509. The maximum atomic E-state index is 12.0. The summed E-state index contributed by atoms with van der Waals surface area (Å²) in [5.74, 6) is 0. The fraction of sp³-hybridized carbons (Fsp3) is 0.481. The summed E-state index contributed by atoms with van der Waals surface area (Å²) in [5, 5.41) is 2.94. The average Bonchev–Trinajstić information content (AvgIpc) is 2.81. The summed E-state index contributed by atoms with van der Waals surface area (Å²) in [7, 11) is 4.27. The second-order valence-corrected chi connectivity index (χ2v) is 9.00. The number of urea groups is 1. The highest BCUT2D eigenvalue weighted by Crippen LogP contribution is 2.12. The van der Waals surface area contributed by atoms with E-state index in [0.29, 0.717) is 5.69 Å². The Labute approximate surface area is 204 Å². The number of anilines is 1. The molecule has 7 heteroatoms. The molecule has 184 valence electrons. The van der Waals surface area contributed by atoms with Crippen LogP contribution in [0.25, 0.3) is 0 Å². The van der Waals surface area contributed by atoms with Crippen LogP contribution in [0.2, 0.25) is 0 Å². The molecule has 2 saturated heterocycles. The van der Waals surface area contributed by atoms with Crippen molar-refractivity contribution >= 4 is 23.5 Å². The lowest BCUT2D eigenvalue weighted by Gasteiger charge is -2.32. The second-order valence-electron chi connectivity index (χ2n) is 9.00. The van der Waals surface area contributed by atoms with Gasteiger partial charge in [-0.3, -0.25) is 0 Å². The number of hydrogen-bond acceptors (Lipinski definition) is 5. The number of amides is 2. The minimum atomic E-state index is 0.00343. The van der Waals surface area contributed by atoms with E-state index in [4.69, 9.17) is 0 Å². The molecule has 0 bridgehead atoms. The van der Waals surface area contributed by atoms with Gasteiger partial charge in [-0.05, 0) is 89.3 Å². The van der Waals surface area contributed by atoms with Crippen LogP contribution in [0.4, 0.5) is 16.2 Å². The van der Waals surface area contributed by atoms with Crippen LogP contribution < -0.4 is 5.32 Å². The Balaban J connectivity index is 0.000000202. The van der Waals surface area contributed by atoms with Crippen molar-refractivity contribution in [3.05, 3.63) is 59.7 Å². The molecule has 2 aliphatic heterocycles. The highest BCUT2D eigenvalue weighted by atomic mass is 16.2. The van der Waals surface area contributed by atoms with Gasteiger partial charge in [-0.2, -0.15) is 4.99 Å². The summed E-state index contributed by atoms with van der Waals surface area (Å²) < 4.78 is 0. The number of rotatable bonds is 2. The topological polar surface area (TPSA) is 68.2 Å². The molecule has 2 fully saturated rings. The van der Waals surface area contributed by atoms with E-state index in [1.807, 2.05) is 61.2 Å². The van der Waals surface area contributed by atoms with Gasteiger partial charge in [0.1, 0.15) is 0 Å². The lowest BCUT2D eigenvalue weighted by Crippen LogP contribution is -2.48. The fourth-order valence-corrected chi connectivity index (χ4v) is 3.74. The first-order valence-electron chi connectivity index (χ1n) is 12.0. The predicted octanol–water partition coefficient (Wildman–Crippen LogP) is 4.84. The van der Waals surface area contributed by atoms with Gasteiger partial charge in [0.2, 0.25) is 6.08 Å². The number of isocyanates is 1. The largest absolute Gasteiger partial charge is 0.322 e. The van der Waals surface area contributed by atoms with Crippen LogP contribution in [-0.2, 0) is 4.79 Å². The molecule has 34 heavy (non-hydrogen) atoms. The molecule has 4 rings (SSSR count). The number of carbonyl (C=O) groups excluding carboxylic acids is 2. The number of benzene rings is 2. The zero-order chi connectivity index (χ0) is 24.8. The molecular weight excluding hydrogens is 426 g/mol. The number of likely N-dealkylation sites (N-methyl/N-ethyl adjacent to an activating group) is 1. The number of likely N-dealkylation sites (tertiary alicyclic amines) is 1. The van der Waals surface area contributed by atoms with Crippen LogP contribution in [0.15, 0.2) is 53.5 Å². The van der Waals surface area contributed by atoms with Crippen LogP contribution in [-0.4, -0.2) is 80.2 Å². The van der Waals surface area contributed by atoms with Crippen molar-refractivity contribution in [2.75, 3.05) is 58.7 Å². The summed E-state index contributed by atoms with van der Waals surface area (Å²) in [6, 6.07) is 15.3. The van der Waals surface area contributed by atoms with Gasteiger partial charge in [-0.1, -0.05) is 30.7 Å². The lowest BCUT2D eigenvalue weighted by molar-refractivity contribution is 0.164. The molecule has 0 spiro atoms. The Morgan fingerprint density at radius 2 is 1.41 bits per heavy atom. The molecule has 7 nitrogen and oxygen atoms in total. The summed E-state index contributed by atoms with van der Waals surface area (Å²) in [5.41, 5.74) is 3.78. The van der Waals surface area contributed by atoms with Gasteiger partial charge in [0.25, 0.3) is 0 Å². The van der Waals surface area contributed by atoms with Crippen LogP contribution in [0.5, 0.6) is 0 Å². The fourth-order valence-electron chi connectivity index (χ4n) is 3.74. The molecule has 0 radical (unpaired) electrons. The van der Waals surface area contributed by atoms with Crippen molar-refractivity contribution in [3.63, 3.8) is 0 Å². The Hall–Kier alpha value is -2.99. The van der Waals surface area contributed by atoms with Crippen molar-refractivity contribution in [1.82, 2.24) is 14.7 Å². The van der Waals surface area contributed by atoms with Gasteiger partial charge in [-0.15, -0.1) is 0 Å². The SMILES string of the molecule is CN1CCCCC1.Cc1cccc(N=C=O)c1.Cc1cccc(NC(=O)N2CCN(C)CC2)c1. The molecule has 0 atom stereocenters. The van der Waals surface area contributed by atoms with Gasteiger partial charge in [0.15, 0.2) is 0 Å². The molecular formula is C27H39N5O2. The molecule has 2 heterocycles. The number of nitrogens with zero attached hydrogens (tertiary/aromatic N) is 4. The van der Waals surface area contributed by atoms with Gasteiger partial charge < -0.3 is 20.0 Å². The van der Waals surface area contributed by atoms with Crippen molar-refractivity contribution in [1.29, 1.82) is 0 Å². The molecule has 2 aromatic rings. The van der Waals surface area contributed by atoms with Gasteiger partial charge >= 0.3 is 6.03 Å². The molecule has 0 saturated carbocycles. The molecule has 0 aromatic heterocycles. The number of piperazine rings is 1. The molecule has 2 aromatic carbocycles. The van der Waals surface area contributed by atoms with Crippen LogP contribution in [0, 0.1) is 13.8 Å². The third kappa shape index (κ3) is 10.8. The maximum Gasteiger partial charge on any atom is 0.321 e. The smallest absolute Gasteiger partial charge is 0.321 e. The number of carbonyl (C=O) groups is 1. The molecule has 0 aliphatic carbocycles. The van der Waals surface area contributed by atoms with Crippen molar-refractivity contribution in [2.45, 2.75) is 33.1 Å². The van der Waals surface area contributed by atoms with Gasteiger partial charge in [0, 0.05) is 31.9 Å². The van der Waals surface area contributed by atoms with E-state index in [-0.39, 0.29) is 6.03 Å². The lowest BCUT2D eigenvalue weighted by atomic mass is 10.1. The zero-order valence-corrected chi connectivity index (χ0v) is 21.1. The molecule has 2 amide bonds. The normalized spacial score (nSPS) is 16.2. The third-order valence-corrected chi connectivity index (χ3v) is 5.82. The van der Waals surface area contributed by atoms with E-state index >= 15 is 0 Å². The van der Waals surface area contributed by atoms with Crippen LogP contribution in [0.1, 0.15) is 30.4 Å². The van der Waals surface area contributed by atoms with Crippen molar-refractivity contribution in [3.8, 4) is 0 Å². The van der Waals surface area contributed by atoms with Gasteiger partial charge in [0.05, 0.1) is 5.69 Å². The maximum absolute atomic E-state index is 12.0. The minimum absolute atomic E-state index is 0.00343.